The van der Waals surface area contributed by atoms with Gasteiger partial charge in [0.05, 0.1) is 5.69 Å². The van der Waals surface area contributed by atoms with Crippen LogP contribution in [0.25, 0.3) is 0 Å². The zero-order chi connectivity index (χ0) is 15.1. The molecule has 112 valence electrons. The molecule has 0 saturated carbocycles. The Balaban J connectivity index is 2.06. The topological polar surface area (TPSA) is 73.1 Å². The molecule has 2 aromatic heterocycles. The maximum absolute atomic E-state index is 5.94. The molecule has 5 nitrogen and oxygen atoms in total. The number of nitrogens with one attached hydrogen (secondary N) is 1. The van der Waals surface area contributed by atoms with Crippen LogP contribution in [0.3, 0.4) is 0 Å². The van der Waals surface area contributed by atoms with Gasteiger partial charge in [0.25, 0.3) is 0 Å². The summed E-state index contributed by atoms with van der Waals surface area (Å²) >= 11 is 4.17. The first-order valence-corrected chi connectivity index (χ1v) is 7.46. The van der Waals surface area contributed by atoms with Crippen LogP contribution in [0.5, 0.6) is 5.88 Å². The van der Waals surface area contributed by atoms with Crippen molar-refractivity contribution in [1.29, 1.82) is 0 Å². The molecule has 0 bridgehead atoms. The third-order valence-corrected chi connectivity index (χ3v) is 3.49. The fraction of sp³-hybridized carbons (Fsp3) is 0.333. The van der Waals surface area contributed by atoms with Crippen LogP contribution in [0.4, 0.5) is 5.69 Å². The highest BCUT2D eigenvalue weighted by atomic mass is 32.1. The number of hydrogen-bond donors (Lipinski definition) is 3. The number of rotatable bonds is 7. The summed E-state index contributed by atoms with van der Waals surface area (Å²) in [5.41, 5.74) is 7.74. The lowest BCUT2D eigenvalue weighted by Crippen LogP contribution is -2.30. The Bertz CT molecular complexity index is 552. The molecule has 0 saturated heterocycles. The average molecular weight is 304 g/mol. The number of aromatic nitrogens is 2. The predicted molar refractivity (Wildman–Crippen MR) is 87.8 cm³/mol. The number of nitrogens with two attached hydrogens (primary N) is 1. The number of pyridine rings is 2. The number of thiol groups is 1. The molecule has 21 heavy (non-hydrogen) atoms. The summed E-state index contributed by atoms with van der Waals surface area (Å²) in [5, 5.41) is 3.25. The molecule has 2 atom stereocenters. The number of hydrogen-bond acceptors (Lipinski definition) is 6. The minimum atomic E-state index is -0.109. The highest BCUT2D eigenvalue weighted by Gasteiger charge is 2.11. The van der Waals surface area contributed by atoms with Crippen LogP contribution in [0.2, 0.25) is 0 Å². The molecule has 0 spiro atoms. The first kappa shape index (κ1) is 15.6. The van der Waals surface area contributed by atoms with E-state index < -0.39 is 0 Å². The molecular formula is C15H20N4OS. The Morgan fingerprint density at radius 1 is 1.29 bits per heavy atom. The fourth-order valence-electron chi connectivity index (χ4n) is 1.79. The zero-order valence-electron chi connectivity index (χ0n) is 11.9. The van der Waals surface area contributed by atoms with E-state index in [-0.39, 0.29) is 12.1 Å². The van der Waals surface area contributed by atoms with Gasteiger partial charge in [-0.25, -0.2) is 4.98 Å². The van der Waals surface area contributed by atoms with Crippen molar-refractivity contribution in [2.45, 2.75) is 19.1 Å². The summed E-state index contributed by atoms with van der Waals surface area (Å²) in [4.78, 5) is 8.29. The Kier molecular flexibility index (Phi) is 5.83. The number of ether oxygens (including phenoxy) is 1. The van der Waals surface area contributed by atoms with Crippen molar-refractivity contribution in [3.05, 3.63) is 48.4 Å². The quantitative estimate of drug-likeness (QED) is 0.685. The number of anilines is 1. The van der Waals surface area contributed by atoms with Gasteiger partial charge < -0.3 is 15.8 Å². The molecule has 3 N–H and O–H groups in total. The fourth-order valence-corrected chi connectivity index (χ4v) is 1.92. The van der Waals surface area contributed by atoms with Crippen LogP contribution in [-0.2, 0) is 0 Å². The normalized spacial score (nSPS) is 13.5. The van der Waals surface area contributed by atoms with Gasteiger partial charge in [-0.1, -0.05) is 0 Å². The van der Waals surface area contributed by atoms with Gasteiger partial charge in [-0.2, -0.15) is 12.6 Å². The second-order valence-electron chi connectivity index (χ2n) is 4.72. The van der Waals surface area contributed by atoms with Crippen molar-refractivity contribution in [3.63, 3.8) is 0 Å². The van der Waals surface area contributed by atoms with Gasteiger partial charge >= 0.3 is 0 Å². The highest BCUT2D eigenvalue weighted by Crippen LogP contribution is 2.26. The molecule has 0 aliphatic rings. The van der Waals surface area contributed by atoms with E-state index in [0.717, 1.165) is 11.3 Å². The van der Waals surface area contributed by atoms with Gasteiger partial charge in [0.2, 0.25) is 5.88 Å². The Morgan fingerprint density at radius 3 is 2.76 bits per heavy atom. The second kappa shape index (κ2) is 7.85. The van der Waals surface area contributed by atoms with Crippen molar-refractivity contribution in [3.8, 4) is 5.88 Å². The maximum Gasteiger partial charge on any atom is 0.237 e. The third kappa shape index (κ3) is 4.61. The zero-order valence-corrected chi connectivity index (χ0v) is 12.8. The molecule has 2 unspecified atom stereocenters. The van der Waals surface area contributed by atoms with E-state index in [9.17, 15) is 0 Å². The molecule has 0 aliphatic carbocycles. The van der Waals surface area contributed by atoms with E-state index in [4.69, 9.17) is 10.5 Å². The van der Waals surface area contributed by atoms with Crippen molar-refractivity contribution >= 4 is 18.3 Å². The smallest absolute Gasteiger partial charge is 0.237 e. The molecule has 0 fully saturated rings. The summed E-state index contributed by atoms with van der Waals surface area (Å²) in [7, 11) is 0. The van der Waals surface area contributed by atoms with Crippen LogP contribution >= 0.6 is 12.6 Å². The van der Waals surface area contributed by atoms with Crippen LogP contribution in [-0.4, -0.2) is 28.3 Å². The van der Waals surface area contributed by atoms with Gasteiger partial charge in [0.1, 0.15) is 6.10 Å². The standard InChI is InChI=1S/C15H20N4OS/c1-11(12-4-7-17-8-5-12)20-15-14(3-2-6-18-15)19-9-13(16)10-21/h2-8,11,13,19,21H,9-10,16H2,1H3. The lowest BCUT2D eigenvalue weighted by atomic mass is 10.2. The van der Waals surface area contributed by atoms with E-state index in [2.05, 4.69) is 27.9 Å². The lowest BCUT2D eigenvalue weighted by molar-refractivity contribution is 0.218. The molecule has 2 heterocycles. The molecule has 2 aromatic rings. The average Bonchev–Trinajstić information content (AvgIpc) is 2.54. The monoisotopic (exact) mass is 304 g/mol. The molecule has 0 aromatic carbocycles. The van der Waals surface area contributed by atoms with Crippen LogP contribution in [0.1, 0.15) is 18.6 Å². The predicted octanol–water partition coefficient (Wildman–Crippen LogP) is 2.29. The van der Waals surface area contributed by atoms with Crippen LogP contribution < -0.4 is 15.8 Å². The number of nitrogens with zero attached hydrogens (tertiary/aromatic N) is 2. The second-order valence-corrected chi connectivity index (χ2v) is 5.09. The molecule has 2 rings (SSSR count). The van der Waals surface area contributed by atoms with Crippen molar-refractivity contribution < 1.29 is 4.74 Å². The van der Waals surface area contributed by atoms with E-state index in [1.165, 1.54) is 0 Å². The largest absolute Gasteiger partial charge is 0.468 e. The first-order valence-electron chi connectivity index (χ1n) is 6.82. The van der Waals surface area contributed by atoms with Crippen molar-refractivity contribution in [2.24, 2.45) is 5.73 Å². The van der Waals surface area contributed by atoms with E-state index >= 15 is 0 Å². The molecule has 6 heteroatoms. The lowest BCUT2D eigenvalue weighted by Gasteiger charge is -2.18. The molecule has 0 radical (unpaired) electrons. The molecule has 0 aliphatic heterocycles. The first-order chi connectivity index (χ1) is 10.2. The van der Waals surface area contributed by atoms with Crippen molar-refractivity contribution in [1.82, 2.24) is 9.97 Å². The summed E-state index contributed by atoms with van der Waals surface area (Å²) in [6, 6.07) is 7.62. The van der Waals surface area contributed by atoms with E-state index in [1.807, 2.05) is 31.2 Å². The third-order valence-electron chi connectivity index (χ3n) is 3.02. The van der Waals surface area contributed by atoms with Crippen LogP contribution in [0, 0.1) is 0 Å². The SMILES string of the molecule is CC(Oc1ncccc1NCC(N)CS)c1ccncc1. The van der Waals surface area contributed by atoms with Gasteiger partial charge in [-0.05, 0) is 36.8 Å². The Hall–Kier alpha value is -1.79. The minimum absolute atomic E-state index is 0.0148. The highest BCUT2D eigenvalue weighted by molar-refractivity contribution is 7.80. The maximum atomic E-state index is 5.94. The van der Waals surface area contributed by atoms with Gasteiger partial charge in [0, 0.05) is 36.9 Å². The Labute approximate surface area is 130 Å². The van der Waals surface area contributed by atoms with Gasteiger partial charge in [0.15, 0.2) is 0 Å². The molecular weight excluding hydrogens is 284 g/mol. The van der Waals surface area contributed by atoms with Gasteiger partial charge in [-0.3, -0.25) is 4.98 Å². The summed E-state index contributed by atoms with van der Waals surface area (Å²) in [6.07, 6.45) is 5.09. The summed E-state index contributed by atoms with van der Waals surface area (Å²) in [5.74, 6) is 1.19. The summed E-state index contributed by atoms with van der Waals surface area (Å²) in [6.45, 7) is 2.60. The van der Waals surface area contributed by atoms with E-state index in [1.54, 1.807) is 18.6 Å². The molecule has 0 amide bonds. The van der Waals surface area contributed by atoms with Crippen LogP contribution in [0.15, 0.2) is 42.9 Å². The minimum Gasteiger partial charge on any atom is -0.468 e. The van der Waals surface area contributed by atoms with Crippen molar-refractivity contribution in [2.75, 3.05) is 17.6 Å². The summed E-state index contributed by atoms with van der Waals surface area (Å²) < 4.78 is 5.94. The van der Waals surface area contributed by atoms with Gasteiger partial charge in [-0.15, -0.1) is 0 Å². The van der Waals surface area contributed by atoms with E-state index in [0.29, 0.717) is 18.2 Å². The Morgan fingerprint density at radius 2 is 2.05 bits per heavy atom.